The molecule has 0 bridgehead atoms. The molecule has 4 rings (SSSR count). The molecular weight excluding hydrogens is 451 g/mol. The molecule has 4 atom stereocenters. The molecule has 186 valence electrons. The van der Waals surface area contributed by atoms with Crippen LogP contribution >= 0.6 is 0 Å². The fourth-order valence-corrected chi connectivity index (χ4v) is 4.54. The number of halogens is 3. The number of likely N-dealkylation sites (N-methyl/N-ethyl adjacent to an activating group) is 1. The van der Waals surface area contributed by atoms with Gasteiger partial charge < -0.3 is 25.2 Å². The average Bonchev–Trinajstić information content (AvgIpc) is 2.81. The molecule has 1 aromatic heterocycles. The first-order valence-electron chi connectivity index (χ1n) is 11.3. The molecule has 0 radical (unpaired) electrons. The summed E-state index contributed by atoms with van der Waals surface area (Å²) in [4.78, 5) is 11.6. The van der Waals surface area contributed by atoms with Crippen LogP contribution in [0.4, 0.5) is 19.0 Å². The summed E-state index contributed by atoms with van der Waals surface area (Å²) in [6.07, 6.45) is -5.05. The van der Waals surface area contributed by atoms with E-state index in [2.05, 4.69) is 32.1 Å². The van der Waals surface area contributed by atoms with E-state index in [4.69, 9.17) is 4.74 Å². The number of anilines is 1. The molecule has 2 aromatic rings. The molecule has 2 aliphatic heterocycles. The predicted molar refractivity (Wildman–Crippen MR) is 119 cm³/mol. The Bertz CT molecular complexity index is 943. The van der Waals surface area contributed by atoms with E-state index in [1.807, 2.05) is 30.3 Å². The van der Waals surface area contributed by atoms with Crippen molar-refractivity contribution in [2.75, 3.05) is 51.7 Å². The minimum Gasteiger partial charge on any atom is -0.388 e. The van der Waals surface area contributed by atoms with Crippen LogP contribution in [0, 0.1) is 0 Å². The monoisotopic (exact) mass is 481 g/mol. The highest BCUT2D eigenvalue weighted by Crippen LogP contribution is 2.33. The van der Waals surface area contributed by atoms with Gasteiger partial charge in [0.25, 0.3) is 0 Å². The summed E-state index contributed by atoms with van der Waals surface area (Å²) in [6.45, 7) is 3.79. The number of aliphatic hydroxyl groups is 2. The Balaban J connectivity index is 1.52. The van der Waals surface area contributed by atoms with E-state index in [0.717, 1.165) is 37.9 Å². The summed E-state index contributed by atoms with van der Waals surface area (Å²) in [7, 11) is 2.06. The minimum absolute atomic E-state index is 0.0171. The SMILES string of the molecule is CN1CCN(C[C@@]2(Cc3ccccc3)OC[C@H](Nc3cncc(C(F)(F)F)n3)[C@@H](O)[C@H]2O)CC1. The van der Waals surface area contributed by atoms with Crippen LogP contribution in [0.3, 0.4) is 0 Å². The second-order valence-corrected chi connectivity index (χ2v) is 9.09. The lowest BCUT2D eigenvalue weighted by Crippen LogP contribution is -2.67. The second-order valence-electron chi connectivity index (χ2n) is 9.09. The fraction of sp³-hybridized carbons (Fsp3) is 0.565. The van der Waals surface area contributed by atoms with Crippen LogP contribution in [0.5, 0.6) is 0 Å². The molecule has 0 aliphatic carbocycles. The normalized spacial score (nSPS) is 29.2. The van der Waals surface area contributed by atoms with Crippen molar-refractivity contribution in [3.05, 3.63) is 54.0 Å². The maximum absolute atomic E-state index is 13.0. The van der Waals surface area contributed by atoms with Gasteiger partial charge in [0.15, 0.2) is 5.69 Å². The summed E-state index contributed by atoms with van der Waals surface area (Å²) < 4.78 is 45.2. The molecular formula is C23H30F3N5O3. The predicted octanol–water partition coefficient (Wildman–Crippen LogP) is 1.26. The smallest absolute Gasteiger partial charge is 0.388 e. The highest BCUT2D eigenvalue weighted by atomic mass is 19.4. The number of hydrogen-bond donors (Lipinski definition) is 3. The van der Waals surface area contributed by atoms with Gasteiger partial charge in [-0.2, -0.15) is 13.2 Å². The van der Waals surface area contributed by atoms with E-state index in [9.17, 15) is 23.4 Å². The quantitative estimate of drug-likeness (QED) is 0.568. The van der Waals surface area contributed by atoms with Crippen LogP contribution < -0.4 is 5.32 Å². The largest absolute Gasteiger partial charge is 0.434 e. The van der Waals surface area contributed by atoms with Crippen molar-refractivity contribution >= 4 is 5.82 Å². The molecule has 0 saturated carbocycles. The maximum atomic E-state index is 13.0. The number of piperazine rings is 1. The highest BCUT2D eigenvalue weighted by Gasteiger charge is 2.50. The Kier molecular flexibility index (Phi) is 7.39. The average molecular weight is 482 g/mol. The number of nitrogens with zero attached hydrogens (tertiary/aromatic N) is 4. The van der Waals surface area contributed by atoms with Gasteiger partial charge in [0.2, 0.25) is 0 Å². The third-order valence-electron chi connectivity index (χ3n) is 6.52. The van der Waals surface area contributed by atoms with E-state index < -0.39 is 35.7 Å². The fourth-order valence-electron chi connectivity index (χ4n) is 4.54. The Morgan fingerprint density at radius 1 is 1.12 bits per heavy atom. The molecule has 3 heterocycles. The summed E-state index contributed by atoms with van der Waals surface area (Å²) in [6, 6.07) is 8.74. The first-order valence-corrected chi connectivity index (χ1v) is 11.3. The molecule has 0 amide bonds. The van der Waals surface area contributed by atoms with Gasteiger partial charge in [-0.15, -0.1) is 0 Å². The lowest BCUT2D eigenvalue weighted by molar-refractivity contribution is -0.209. The molecule has 11 heteroatoms. The van der Waals surface area contributed by atoms with E-state index in [1.165, 1.54) is 0 Å². The third kappa shape index (κ3) is 5.66. The summed E-state index contributed by atoms with van der Waals surface area (Å²) >= 11 is 0. The van der Waals surface area contributed by atoms with Crippen molar-refractivity contribution in [1.29, 1.82) is 0 Å². The van der Waals surface area contributed by atoms with Gasteiger partial charge in [-0.25, -0.2) is 4.98 Å². The number of aromatic nitrogens is 2. The maximum Gasteiger partial charge on any atom is 0.434 e. The van der Waals surface area contributed by atoms with Crippen molar-refractivity contribution in [3.8, 4) is 0 Å². The van der Waals surface area contributed by atoms with Gasteiger partial charge >= 0.3 is 6.18 Å². The zero-order valence-electron chi connectivity index (χ0n) is 18.9. The van der Waals surface area contributed by atoms with E-state index in [-0.39, 0.29) is 12.4 Å². The Labute approximate surface area is 196 Å². The Morgan fingerprint density at radius 3 is 2.50 bits per heavy atom. The lowest BCUT2D eigenvalue weighted by atomic mass is 9.81. The number of rotatable bonds is 6. The number of aliphatic hydroxyl groups excluding tert-OH is 2. The van der Waals surface area contributed by atoms with Crippen LogP contribution in [-0.4, -0.2) is 100 Å². The summed E-state index contributed by atoms with van der Waals surface area (Å²) in [5.41, 5.74) is -1.26. The van der Waals surface area contributed by atoms with Gasteiger partial charge in [0.1, 0.15) is 23.6 Å². The third-order valence-corrected chi connectivity index (χ3v) is 6.52. The van der Waals surface area contributed by atoms with E-state index in [1.54, 1.807) is 0 Å². The lowest BCUT2D eigenvalue weighted by Gasteiger charge is -2.49. The first-order chi connectivity index (χ1) is 16.2. The number of benzene rings is 1. The number of alkyl halides is 3. The number of hydrogen-bond acceptors (Lipinski definition) is 8. The first kappa shape index (κ1) is 24.8. The van der Waals surface area contributed by atoms with Crippen LogP contribution in [-0.2, 0) is 17.3 Å². The van der Waals surface area contributed by atoms with Crippen LogP contribution in [0.25, 0.3) is 0 Å². The van der Waals surface area contributed by atoms with E-state index >= 15 is 0 Å². The van der Waals surface area contributed by atoms with Crippen molar-refractivity contribution in [1.82, 2.24) is 19.8 Å². The highest BCUT2D eigenvalue weighted by molar-refractivity contribution is 5.35. The zero-order chi connectivity index (χ0) is 24.3. The van der Waals surface area contributed by atoms with Crippen molar-refractivity contribution < 1.29 is 28.1 Å². The molecule has 2 aliphatic rings. The Hall–Kier alpha value is -2.31. The van der Waals surface area contributed by atoms with Crippen molar-refractivity contribution in [2.24, 2.45) is 0 Å². The molecule has 8 nitrogen and oxygen atoms in total. The van der Waals surface area contributed by atoms with Gasteiger partial charge in [-0.05, 0) is 12.6 Å². The molecule has 34 heavy (non-hydrogen) atoms. The molecule has 3 N–H and O–H groups in total. The van der Waals surface area contributed by atoms with Crippen LogP contribution in [0.2, 0.25) is 0 Å². The van der Waals surface area contributed by atoms with Gasteiger partial charge in [0, 0.05) is 39.1 Å². The molecule has 2 fully saturated rings. The van der Waals surface area contributed by atoms with Crippen molar-refractivity contribution in [3.63, 3.8) is 0 Å². The molecule has 1 aromatic carbocycles. The van der Waals surface area contributed by atoms with Crippen LogP contribution in [0.15, 0.2) is 42.7 Å². The molecule has 0 spiro atoms. The summed E-state index contributed by atoms with van der Waals surface area (Å²) in [5, 5.41) is 25.1. The van der Waals surface area contributed by atoms with Gasteiger partial charge in [0.05, 0.1) is 25.0 Å². The Morgan fingerprint density at radius 2 is 1.82 bits per heavy atom. The summed E-state index contributed by atoms with van der Waals surface area (Å²) in [5.74, 6) is -0.149. The molecule has 2 saturated heterocycles. The molecule has 0 unspecified atom stereocenters. The minimum atomic E-state index is -4.64. The zero-order valence-corrected chi connectivity index (χ0v) is 18.9. The van der Waals surface area contributed by atoms with E-state index in [0.29, 0.717) is 19.2 Å². The number of ether oxygens (including phenoxy) is 1. The topological polar surface area (TPSA) is 94.0 Å². The van der Waals surface area contributed by atoms with Crippen LogP contribution in [0.1, 0.15) is 11.3 Å². The van der Waals surface area contributed by atoms with Gasteiger partial charge in [-0.1, -0.05) is 30.3 Å². The number of nitrogens with one attached hydrogen (secondary N) is 1. The van der Waals surface area contributed by atoms with Crippen molar-refractivity contribution in [2.45, 2.75) is 36.4 Å². The standard InChI is InChI=1S/C23H30F3N5O3/c1-30-7-9-31(10-8-30)15-22(11-16-5-3-2-4-6-16)21(33)20(32)17(14-34-22)28-19-13-27-12-18(29-19)23(24,25)26/h2-6,12-13,17,20-21,32-33H,7-11,14-15H2,1H3,(H,28,29)/t17-,20+,21+,22+/m0/s1. The van der Waals surface area contributed by atoms with Gasteiger partial charge in [-0.3, -0.25) is 9.88 Å². The second kappa shape index (κ2) is 10.1.